The Balaban J connectivity index is 2.33. The molecule has 0 bridgehead atoms. The SMILES string of the molecule is CC(=O)OC[C@H]1O[C@@H](n2cnc(C(N)=O)n2)C(OC(C)=O)C1OC(C)=O. The van der Waals surface area contributed by atoms with Crippen LogP contribution in [0.2, 0.25) is 0 Å². The van der Waals surface area contributed by atoms with Crippen LogP contribution in [0.5, 0.6) is 0 Å². The standard InChI is InChI=1S/C14H18N4O8/c1-6(19)23-4-9-10(24-7(2)20)11(25-8(3)21)14(26-9)18-5-16-13(17-18)12(15)22/h5,9-11,14H,4H2,1-3H3,(H2,15,22)/t9-,10?,11?,14-/m1/s1. The molecule has 142 valence electrons. The molecule has 0 aliphatic carbocycles. The van der Waals surface area contributed by atoms with Crippen LogP contribution < -0.4 is 5.73 Å². The van der Waals surface area contributed by atoms with Crippen molar-refractivity contribution < 1.29 is 38.1 Å². The normalized spacial score (nSPS) is 24.7. The van der Waals surface area contributed by atoms with Crippen LogP contribution in [0.1, 0.15) is 37.6 Å². The Labute approximate surface area is 147 Å². The predicted molar refractivity (Wildman–Crippen MR) is 80.2 cm³/mol. The highest BCUT2D eigenvalue weighted by Gasteiger charge is 2.51. The van der Waals surface area contributed by atoms with Gasteiger partial charge in [-0.2, -0.15) is 0 Å². The second-order valence-electron chi connectivity index (χ2n) is 5.43. The van der Waals surface area contributed by atoms with E-state index in [2.05, 4.69) is 10.1 Å². The molecule has 0 radical (unpaired) electrons. The van der Waals surface area contributed by atoms with Crippen LogP contribution in [0.25, 0.3) is 0 Å². The van der Waals surface area contributed by atoms with Crippen molar-refractivity contribution in [1.29, 1.82) is 0 Å². The Morgan fingerprint density at radius 3 is 2.23 bits per heavy atom. The zero-order valence-electron chi connectivity index (χ0n) is 14.3. The van der Waals surface area contributed by atoms with E-state index in [1.165, 1.54) is 13.8 Å². The number of rotatable bonds is 6. The number of ether oxygens (including phenoxy) is 4. The van der Waals surface area contributed by atoms with Crippen LogP contribution in [0, 0.1) is 0 Å². The van der Waals surface area contributed by atoms with Crippen molar-refractivity contribution in [3.05, 3.63) is 12.2 Å². The molecule has 1 fully saturated rings. The maximum absolute atomic E-state index is 11.5. The number of hydrogen-bond acceptors (Lipinski definition) is 10. The maximum Gasteiger partial charge on any atom is 0.303 e. The minimum Gasteiger partial charge on any atom is -0.463 e. The van der Waals surface area contributed by atoms with Gasteiger partial charge in [0.15, 0.2) is 18.4 Å². The molecule has 1 aromatic rings. The number of amides is 1. The summed E-state index contributed by atoms with van der Waals surface area (Å²) in [5, 5.41) is 3.86. The summed E-state index contributed by atoms with van der Waals surface area (Å²) >= 11 is 0. The first-order chi connectivity index (χ1) is 12.2. The van der Waals surface area contributed by atoms with Crippen LogP contribution in [0.15, 0.2) is 6.33 Å². The largest absolute Gasteiger partial charge is 0.463 e. The molecule has 0 saturated carbocycles. The van der Waals surface area contributed by atoms with E-state index in [-0.39, 0.29) is 12.4 Å². The van der Waals surface area contributed by atoms with Gasteiger partial charge in [-0.3, -0.25) is 19.2 Å². The topological polar surface area (TPSA) is 162 Å². The van der Waals surface area contributed by atoms with Crippen LogP contribution >= 0.6 is 0 Å². The van der Waals surface area contributed by atoms with Gasteiger partial charge in [0, 0.05) is 20.8 Å². The van der Waals surface area contributed by atoms with E-state index >= 15 is 0 Å². The molecule has 12 heteroatoms. The number of aromatic nitrogens is 3. The highest BCUT2D eigenvalue weighted by molar-refractivity contribution is 5.88. The number of carbonyl (C=O) groups is 4. The fourth-order valence-corrected chi connectivity index (χ4v) is 2.42. The molecule has 2 rings (SSSR count). The maximum atomic E-state index is 11.5. The van der Waals surface area contributed by atoms with Gasteiger partial charge in [-0.05, 0) is 0 Å². The molecular weight excluding hydrogens is 352 g/mol. The van der Waals surface area contributed by atoms with Gasteiger partial charge in [0.1, 0.15) is 19.0 Å². The highest BCUT2D eigenvalue weighted by atomic mass is 16.7. The van der Waals surface area contributed by atoms with Crippen molar-refractivity contribution >= 4 is 23.8 Å². The van der Waals surface area contributed by atoms with E-state index in [1.807, 2.05) is 0 Å². The first-order valence-electron chi connectivity index (χ1n) is 7.53. The van der Waals surface area contributed by atoms with E-state index < -0.39 is 48.4 Å². The molecular formula is C14H18N4O8. The number of carbonyl (C=O) groups excluding carboxylic acids is 4. The Morgan fingerprint density at radius 1 is 1.12 bits per heavy atom. The lowest BCUT2D eigenvalue weighted by Gasteiger charge is -2.23. The average Bonchev–Trinajstić information content (AvgIpc) is 3.11. The summed E-state index contributed by atoms with van der Waals surface area (Å²) in [7, 11) is 0. The third-order valence-corrected chi connectivity index (χ3v) is 3.33. The molecule has 0 spiro atoms. The van der Waals surface area contributed by atoms with Gasteiger partial charge in [-0.1, -0.05) is 0 Å². The summed E-state index contributed by atoms with van der Waals surface area (Å²) in [6, 6.07) is 0. The minimum absolute atomic E-state index is 0.251. The number of nitrogens with two attached hydrogens (primary N) is 1. The van der Waals surface area contributed by atoms with E-state index in [9.17, 15) is 19.2 Å². The lowest BCUT2D eigenvalue weighted by molar-refractivity contribution is -0.166. The second-order valence-corrected chi connectivity index (χ2v) is 5.43. The van der Waals surface area contributed by atoms with Gasteiger partial charge in [0.25, 0.3) is 5.91 Å². The second kappa shape index (κ2) is 7.91. The van der Waals surface area contributed by atoms with Gasteiger partial charge in [-0.25, -0.2) is 9.67 Å². The number of primary amides is 1. The smallest absolute Gasteiger partial charge is 0.303 e. The predicted octanol–water partition coefficient (Wildman–Crippen LogP) is -1.30. The van der Waals surface area contributed by atoms with Crippen molar-refractivity contribution in [2.75, 3.05) is 6.61 Å². The molecule has 4 atom stereocenters. The molecule has 1 aromatic heterocycles. The Morgan fingerprint density at radius 2 is 1.73 bits per heavy atom. The van der Waals surface area contributed by atoms with Crippen molar-refractivity contribution in [2.24, 2.45) is 5.73 Å². The molecule has 1 saturated heterocycles. The lowest BCUT2D eigenvalue weighted by atomic mass is 10.1. The first-order valence-corrected chi connectivity index (χ1v) is 7.53. The quantitative estimate of drug-likeness (QED) is 0.470. The van der Waals surface area contributed by atoms with Crippen LogP contribution in [-0.4, -0.2) is 63.5 Å². The third-order valence-electron chi connectivity index (χ3n) is 3.33. The molecule has 2 heterocycles. The number of nitrogens with zero attached hydrogens (tertiary/aromatic N) is 3. The average molecular weight is 370 g/mol. The van der Waals surface area contributed by atoms with Crippen molar-refractivity contribution in [3.8, 4) is 0 Å². The minimum atomic E-state index is -1.11. The fraction of sp³-hybridized carbons (Fsp3) is 0.571. The fourth-order valence-electron chi connectivity index (χ4n) is 2.42. The van der Waals surface area contributed by atoms with Crippen molar-refractivity contribution in [3.63, 3.8) is 0 Å². The summed E-state index contributed by atoms with van der Waals surface area (Å²) in [5.41, 5.74) is 5.11. The van der Waals surface area contributed by atoms with E-state index in [0.29, 0.717) is 0 Å². The van der Waals surface area contributed by atoms with Gasteiger partial charge in [0.05, 0.1) is 0 Å². The molecule has 2 N–H and O–H groups in total. The number of esters is 3. The third kappa shape index (κ3) is 4.53. The molecule has 12 nitrogen and oxygen atoms in total. The highest BCUT2D eigenvalue weighted by Crippen LogP contribution is 2.33. The van der Waals surface area contributed by atoms with E-state index in [1.54, 1.807) is 0 Å². The van der Waals surface area contributed by atoms with Gasteiger partial charge in [0.2, 0.25) is 5.82 Å². The lowest BCUT2D eigenvalue weighted by Crippen LogP contribution is -2.40. The molecule has 26 heavy (non-hydrogen) atoms. The Kier molecular flexibility index (Phi) is 5.87. The molecule has 1 amide bonds. The van der Waals surface area contributed by atoms with Gasteiger partial charge >= 0.3 is 17.9 Å². The monoisotopic (exact) mass is 370 g/mol. The molecule has 0 aromatic carbocycles. The number of hydrogen-bond donors (Lipinski definition) is 1. The molecule has 2 unspecified atom stereocenters. The Bertz CT molecular complexity index is 718. The zero-order valence-corrected chi connectivity index (χ0v) is 14.3. The molecule has 1 aliphatic heterocycles. The van der Waals surface area contributed by atoms with E-state index in [0.717, 1.165) is 17.9 Å². The molecule has 1 aliphatic rings. The van der Waals surface area contributed by atoms with Crippen molar-refractivity contribution in [1.82, 2.24) is 14.8 Å². The van der Waals surface area contributed by atoms with Gasteiger partial charge < -0.3 is 24.7 Å². The summed E-state index contributed by atoms with van der Waals surface area (Å²) in [4.78, 5) is 48.9. The van der Waals surface area contributed by atoms with Gasteiger partial charge in [-0.15, -0.1) is 5.10 Å². The van der Waals surface area contributed by atoms with Crippen molar-refractivity contribution in [2.45, 2.75) is 45.3 Å². The summed E-state index contributed by atoms with van der Waals surface area (Å²) in [6.45, 7) is 3.28. The summed E-state index contributed by atoms with van der Waals surface area (Å²) in [6.07, 6.45) is -3.04. The van der Waals surface area contributed by atoms with Crippen LogP contribution in [0.3, 0.4) is 0 Å². The Hall–Kier alpha value is -3.02. The van der Waals surface area contributed by atoms with E-state index in [4.69, 9.17) is 24.7 Å². The first kappa shape index (κ1) is 19.3. The summed E-state index contributed by atoms with van der Waals surface area (Å²) < 4.78 is 22.1. The van der Waals surface area contributed by atoms with Crippen LogP contribution in [0.4, 0.5) is 0 Å². The zero-order chi connectivity index (χ0) is 19.4. The van der Waals surface area contributed by atoms with Crippen LogP contribution in [-0.2, 0) is 33.3 Å². The summed E-state index contributed by atoms with van der Waals surface area (Å²) in [5.74, 6) is -3.02.